The zero-order valence-corrected chi connectivity index (χ0v) is 18.2. The molecular weight excluding hydrogens is 393 g/mol. The van der Waals surface area contributed by atoms with E-state index in [4.69, 9.17) is 0 Å². The van der Waals surface area contributed by atoms with Crippen molar-refractivity contribution >= 4 is 22.7 Å². The molecule has 0 bridgehead atoms. The van der Waals surface area contributed by atoms with Crippen molar-refractivity contribution in [3.05, 3.63) is 60.0 Å². The van der Waals surface area contributed by atoms with Gasteiger partial charge in [-0.25, -0.2) is 4.39 Å². The minimum Gasteiger partial charge on any atom is -0.353 e. The van der Waals surface area contributed by atoms with Crippen LogP contribution in [-0.2, 0) is 11.8 Å². The Balaban J connectivity index is 1.51. The molecule has 0 spiro atoms. The Kier molecular flexibility index (Phi) is 5.81. The van der Waals surface area contributed by atoms with Gasteiger partial charge in [-0.2, -0.15) is 0 Å². The number of halogens is 1. The van der Waals surface area contributed by atoms with E-state index in [1.807, 2.05) is 50.0 Å². The van der Waals surface area contributed by atoms with Gasteiger partial charge in [0, 0.05) is 60.8 Å². The highest BCUT2D eigenvalue weighted by atomic mass is 19.1. The molecule has 6 heteroatoms. The molecule has 1 aliphatic rings. The lowest BCUT2D eigenvalue weighted by Gasteiger charge is -2.25. The molecule has 0 aliphatic heterocycles. The van der Waals surface area contributed by atoms with Crippen LogP contribution in [0.1, 0.15) is 43.0 Å². The summed E-state index contributed by atoms with van der Waals surface area (Å²) in [6.07, 6.45) is 4.91. The third-order valence-corrected chi connectivity index (χ3v) is 6.40. The number of hydrogen-bond donors (Lipinski definition) is 1. The van der Waals surface area contributed by atoms with E-state index in [1.54, 1.807) is 23.1 Å². The molecule has 1 N–H and O–H groups in total. The van der Waals surface area contributed by atoms with Crippen LogP contribution in [0.2, 0.25) is 0 Å². The second kappa shape index (κ2) is 8.53. The molecule has 0 saturated heterocycles. The Morgan fingerprint density at radius 2 is 1.87 bits per heavy atom. The number of carbonyl (C=O) groups is 2. The third-order valence-electron chi connectivity index (χ3n) is 6.40. The summed E-state index contributed by atoms with van der Waals surface area (Å²) in [5, 5.41) is 3.88. The van der Waals surface area contributed by atoms with Crippen molar-refractivity contribution < 1.29 is 14.0 Å². The predicted octanol–water partition coefficient (Wildman–Crippen LogP) is 4.50. The monoisotopic (exact) mass is 421 g/mol. The van der Waals surface area contributed by atoms with Gasteiger partial charge in [0.25, 0.3) is 5.91 Å². The minimum absolute atomic E-state index is 0.0517. The Bertz CT molecular complexity index is 1120. The minimum atomic E-state index is -0.277. The average molecular weight is 422 g/mol. The fourth-order valence-electron chi connectivity index (χ4n) is 4.54. The molecule has 4 rings (SSSR count). The van der Waals surface area contributed by atoms with Crippen molar-refractivity contribution in [3.63, 3.8) is 0 Å². The van der Waals surface area contributed by atoms with E-state index >= 15 is 0 Å². The normalized spacial score (nSPS) is 18.3. The molecule has 162 valence electrons. The van der Waals surface area contributed by atoms with Gasteiger partial charge in [-0.05, 0) is 55.2 Å². The number of amides is 2. The van der Waals surface area contributed by atoms with Crippen molar-refractivity contribution in [1.82, 2.24) is 14.8 Å². The summed E-state index contributed by atoms with van der Waals surface area (Å²) < 4.78 is 16.6. The van der Waals surface area contributed by atoms with Gasteiger partial charge in [-0.3, -0.25) is 9.59 Å². The zero-order chi connectivity index (χ0) is 22.1. The summed E-state index contributed by atoms with van der Waals surface area (Å²) >= 11 is 0. The van der Waals surface area contributed by atoms with Crippen LogP contribution < -0.4 is 5.32 Å². The molecule has 0 radical (unpaired) electrons. The van der Waals surface area contributed by atoms with Crippen LogP contribution in [0.25, 0.3) is 22.0 Å². The summed E-state index contributed by atoms with van der Waals surface area (Å²) in [6, 6.07) is 12.6. The first-order chi connectivity index (χ1) is 14.9. The van der Waals surface area contributed by atoms with Gasteiger partial charge in [-0.15, -0.1) is 0 Å². The van der Waals surface area contributed by atoms with Gasteiger partial charge in [0.2, 0.25) is 5.91 Å². The highest BCUT2D eigenvalue weighted by molar-refractivity contribution is 5.98. The molecule has 3 aromatic rings. The molecule has 5 nitrogen and oxygen atoms in total. The van der Waals surface area contributed by atoms with E-state index in [1.165, 1.54) is 6.07 Å². The van der Waals surface area contributed by atoms with Crippen molar-refractivity contribution in [3.8, 4) is 11.1 Å². The van der Waals surface area contributed by atoms with Gasteiger partial charge < -0.3 is 14.8 Å². The van der Waals surface area contributed by atoms with Gasteiger partial charge in [0.05, 0.1) is 0 Å². The van der Waals surface area contributed by atoms with Gasteiger partial charge in [-0.1, -0.05) is 19.1 Å². The van der Waals surface area contributed by atoms with Crippen LogP contribution in [0.15, 0.2) is 48.7 Å². The lowest BCUT2D eigenvalue weighted by atomic mass is 9.99. The summed E-state index contributed by atoms with van der Waals surface area (Å²) in [5.74, 6) is -0.283. The van der Waals surface area contributed by atoms with Gasteiger partial charge in [0.15, 0.2) is 0 Å². The zero-order valence-electron chi connectivity index (χ0n) is 18.2. The Morgan fingerprint density at radius 3 is 2.58 bits per heavy atom. The summed E-state index contributed by atoms with van der Waals surface area (Å²) in [5.41, 5.74) is 2.84. The molecule has 1 aliphatic carbocycles. The first-order valence-corrected chi connectivity index (χ1v) is 10.8. The van der Waals surface area contributed by atoms with Crippen LogP contribution in [-0.4, -0.2) is 40.4 Å². The SMILES string of the molecule is CCC(=O)N[C@H]1CC[C@@H](N(C)C(=O)c2ccc(-c3c(F)ccc4c3ccn4C)cc2)C1. The highest BCUT2D eigenvalue weighted by Crippen LogP contribution is 2.32. The number of benzene rings is 2. The van der Waals surface area contributed by atoms with Crippen molar-refractivity contribution in [2.45, 2.75) is 44.7 Å². The van der Waals surface area contributed by atoms with E-state index in [9.17, 15) is 14.0 Å². The Hall–Kier alpha value is -3.15. The quantitative estimate of drug-likeness (QED) is 0.659. The van der Waals surface area contributed by atoms with Crippen molar-refractivity contribution in [2.75, 3.05) is 7.05 Å². The highest BCUT2D eigenvalue weighted by Gasteiger charge is 2.31. The van der Waals surface area contributed by atoms with Crippen LogP contribution in [0.4, 0.5) is 4.39 Å². The summed E-state index contributed by atoms with van der Waals surface area (Å²) in [6.45, 7) is 1.84. The van der Waals surface area contributed by atoms with Crippen LogP contribution in [0.5, 0.6) is 0 Å². The number of aryl methyl sites for hydroxylation is 1. The lowest BCUT2D eigenvalue weighted by molar-refractivity contribution is -0.121. The summed E-state index contributed by atoms with van der Waals surface area (Å²) in [7, 11) is 3.75. The van der Waals surface area contributed by atoms with E-state index in [0.717, 1.165) is 35.7 Å². The van der Waals surface area contributed by atoms with E-state index in [-0.39, 0.29) is 29.7 Å². The first-order valence-electron chi connectivity index (χ1n) is 10.8. The van der Waals surface area contributed by atoms with Gasteiger partial charge in [0.1, 0.15) is 5.82 Å². The van der Waals surface area contributed by atoms with E-state index in [0.29, 0.717) is 17.5 Å². The molecule has 1 aromatic heterocycles. The maximum absolute atomic E-state index is 14.6. The Labute approximate surface area is 181 Å². The number of fused-ring (bicyclic) bond motifs is 1. The largest absolute Gasteiger partial charge is 0.353 e. The number of carbonyl (C=O) groups excluding carboxylic acids is 2. The topological polar surface area (TPSA) is 54.3 Å². The Morgan fingerprint density at radius 1 is 1.13 bits per heavy atom. The molecule has 31 heavy (non-hydrogen) atoms. The second-order valence-electron chi connectivity index (χ2n) is 8.36. The smallest absolute Gasteiger partial charge is 0.253 e. The van der Waals surface area contributed by atoms with Crippen LogP contribution in [0.3, 0.4) is 0 Å². The van der Waals surface area contributed by atoms with E-state index in [2.05, 4.69) is 5.32 Å². The predicted molar refractivity (Wildman–Crippen MR) is 120 cm³/mol. The molecule has 1 saturated carbocycles. The first kappa shape index (κ1) is 21.1. The molecule has 2 aromatic carbocycles. The number of aromatic nitrogens is 1. The number of nitrogens with one attached hydrogen (secondary N) is 1. The fourth-order valence-corrected chi connectivity index (χ4v) is 4.54. The molecular formula is C25H28FN3O2. The fraction of sp³-hybridized carbons (Fsp3) is 0.360. The molecule has 2 atom stereocenters. The molecule has 1 heterocycles. The molecule has 0 unspecified atom stereocenters. The number of rotatable bonds is 5. The lowest BCUT2D eigenvalue weighted by Crippen LogP contribution is -2.38. The van der Waals surface area contributed by atoms with E-state index < -0.39 is 0 Å². The van der Waals surface area contributed by atoms with Gasteiger partial charge >= 0.3 is 0 Å². The standard InChI is InChI=1S/C25H28FN3O2/c1-4-23(30)27-18-9-10-19(15-18)29(3)25(31)17-7-5-16(6-8-17)24-20-13-14-28(2)22(20)12-11-21(24)26/h5-8,11-14,18-19H,4,9-10,15H2,1-3H3,(H,27,30)/t18-,19+/m0/s1. The van der Waals surface area contributed by atoms with Crippen LogP contribution >= 0.6 is 0 Å². The summed E-state index contributed by atoms with van der Waals surface area (Å²) in [4.78, 5) is 26.4. The van der Waals surface area contributed by atoms with Crippen LogP contribution in [0, 0.1) is 5.82 Å². The third kappa shape index (κ3) is 4.07. The van der Waals surface area contributed by atoms with Crippen molar-refractivity contribution in [1.29, 1.82) is 0 Å². The average Bonchev–Trinajstić information content (AvgIpc) is 3.39. The maximum atomic E-state index is 14.6. The number of hydrogen-bond acceptors (Lipinski definition) is 2. The van der Waals surface area contributed by atoms with Crippen molar-refractivity contribution in [2.24, 2.45) is 7.05 Å². The second-order valence-corrected chi connectivity index (χ2v) is 8.36. The molecule has 1 fully saturated rings. The number of nitrogens with zero attached hydrogens (tertiary/aromatic N) is 2. The maximum Gasteiger partial charge on any atom is 0.253 e. The molecule has 2 amide bonds.